The van der Waals surface area contributed by atoms with Crippen LogP contribution in [0.4, 0.5) is 0 Å². The summed E-state index contributed by atoms with van der Waals surface area (Å²) in [6.07, 6.45) is 1.76. The predicted octanol–water partition coefficient (Wildman–Crippen LogP) is 3.47. The van der Waals surface area contributed by atoms with E-state index in [4.69, 9.17) is 4.74 Å². The molecule has 90 valence electrons. The normalized spacial score (nSPS) is 10.7. The Morgan fingerprint density at radius 2 is 2.11 bits per heavy atom. The van der Waals surface area contributed by atoms with E-state index < -0.39 is 0 Å². The molecule has 0 aliphatic heterocycles. The highest BCUT2D eigenvalue weighted by atomic mass is 32.1. The van der Waals surface area contributed by atoms with E-state index in [-0.39, 0.29) is 5.78 Å². The molecule has 3 rings (SSSR count). The molecule has 3 nitrogen and oxygen atoms in total. The van der Waals surface area contributed by atoms with E-state index in [1.807, 2.05) is 35.7 Å². The van der Waals surface area contributed by atoms with Gasteiger partial charge >= 0.3 is 0 Å². The van der Waals surface area contributed by atoms with Crippen LogP contribution in [0.2, 0.25) is 0 Å². The van der Waals surface area contributed by atoms with E-state index in [2.05, 4.69) is 4.98 Å². The van der Waals surface area contributed by atoms with Crippen LogP contribution in [0.1, 0.15) is 15.2 Å². The van der Waals surface area contributed by atoms with Crippen molar-refractivity contribution in [3.63, 3.8) is 0 Å². The fourth-order valence-electron chi connectivity index (χ4n) is 2.01. The minimum absolute atomic E-state index is 0.000648. The molecule has 0 saturated carbocycles. The molecule has 0 atom stereocenters. The highest BCUT2D eigenvalue weighted by Crippen LogP contribution is 2.29. The minimum atomic E-state index is -0.000648. The lowest BCUT2D eigenvalue weighted by molar-refractivity contribution is 0.104. The van der Waals surface area contributed by atoms with Gasteiger partial charge in [0.05, 0.1) is 7.11 Å². The van der Waals surface area contributed by atoms with E-state index in [1.165, 1.54) is 11.3 Å². The molecule has 4 heteroatoms. The van der Waals surface area contributed by atoms with Gasteiger partial charge in [0, 0.05) is 22.7 Å². The first-order valence-electron chi connectivity index (χ1n) is 5.53. The van der Waals surface area contributed by atoms with Gasteiger partial charge in [-0.2, -0.15) is 0 Å². The van der Waals surface area contributed by atoms with Crippen LogP contribution in [0.25, 0.3) is 10.9 Å². The summed E-state index contributed by atoms with van der Waals surface area (Å²) in [5, 5.41) is 2.80. The molecule has 0 amide bonds. The Balaban J connectivity index is 2.13. The Hall–Kier alpha value is -2.07. The number of methoxy groups -OCH3 is 1. The van der Waals surface area contributed by atoms with Crippen LogP contribution >= 0.6 is 11.3 Å². The molecule has 0 saturated heterocycles. The molecule has 0 fully saturated rings. The summed E-state index contributed by atoms with van der Waals surface area (Å²) < 4.78 is 5.20. The summed E-state index contributed by atoms with van der Waals surface area (Å²) in [6.45, 7) is 0. The molecule has 0 aliphatic rings. The molecule has 0 unspecified atom stereocenters. The second-order valence-electron chi connectivity index (χ2n) is 3.90. The number of thiophene rings is 1. The fourth-order valence-corrected chi connectivity index (χ4v) is 2.82. The number of fused-ring (bicyclic) bond motifs is 1. The van der Waals surface area contributed by atoms with Gasteiger partial charge in [-0.3, -0.25) is 4.79 Å². The number of aromatic amines is 1. The average molecular weight is 257 g/mol. The van der Waals surface area contributed by atoms with E-state index in [1.54, 1.807) is 13.3 Å². The van der Waals surface area contributed by atoms with Gasteiger partial charge in [0.15, 0.2) is 0 Å². The first-order chi connectivity index (χ1) is 8.81. The lowest BCUT2D eigenvalue weighted by atomic mass is 10.1. The standard InChI is InChI=1S/C14H11NO2S/c1-17-12-6-7-18-14(12)13(16)10-8-15-11-5-3-2-4-9(10)11/h2-8,15H,1H3. The summed E-state index contributed by atoms with van der Waals surface area (Å²) in [5.41, 5.74) is 1.66. The SMILES string of the molecule is COc1ccsc1C(=O)c1c[nH]c2ccccc12. The van der Waals surface area contributed by atoms with Crippen LogP contribution in [-0.2, 0) is 0 Å². The third-order valence-corrected chi connectivity index (χ3v) is 3.78. The van der Waals surface area contributed by atoms with Crippen LogP contribution in [0, 0.1) is 0 Å². The number of aromatic nitrogens is 1. The van der Waals surface area contributed by atoms with Gasteiger partial charge in [-0.05, 0) is 17.5 Å². The largest absolute Gasteiger partial charge is 0.495 e. The van der Waals surface area contributed by atoms with Crippen molar-refractivity contribution in [3.05, 3.63) is 52.3 Å². The maximum atomic E-state index is 12.5. The van der Waals surface area contributed by atoms with Gasteiger partial charge in [-0.25, -0.2) is 0 Å². The van der Waals surface area contributed by atoms with Crippen molar-refractivity contribution in [2.24, 2.45) is 0 Å². The van der Waals surface area contributed by atoms with Crippen LogP contribution in [0.5, 0.6) is 5.75 Å². The van der Waals surface area contributed by atoms with Gasteiger partial charge in [-0.1, -0.05) is 18.2 Å². The number of hydrogen-bond donors (Lipinski definition) is 1. The Bertz CT molecular complexity index is 711. The van der Waals surface area contributed by atoms with Crippen molar-refractivity contribution in [2.75, 3.05) is 7.11 Å². The number of rotatable bonds is 3. The number of ether oxygens (including phenoxy) is 1. The Morgan fingerprint density at radius 1 is 1.28 bits per heavy atom. The lowest BCUT2D eigenvalue weighted by Crippen LogP contribution is -1.99. The second kappa shape index (κ2) is 4.31. The Labute approximate surface area is 108 Å². The van der Waals surface area contributed by atoms with Crippen molar-refractivity contribution in [2.45, 2.75) is 0 Å². The minimum Gasteiger partial charge on any atom is -0.495 e. The average Bonchev–Trinajstić information content (AvgIpc) is 3.04. The quantitative estimate of drug-likeness (QED) is 0.730. The van der Waals surface area contributed by atoms with E-state index in [0.717, 1.165) is 10.9 Å². The highest BCUT2D eigenvalue weighted by Gasteiger charge is 2.18. The highest BCUT2D eigenvalue weighted by molar-refractivity contribution is 7.12. The summed E-state index contributed by atoms with van der Waals surface area (Å²) in [4.78, 5) is 16.2. The zero-order valence-electron chi connectivity index (χ0n) is 9.77. The molecule has 3 aromatic rings. The first kappa shape index (κ1) is 11.0. The van der Waals surface area contributed by atoms with Crippen LogP contribution < -0.4 is 4.74 Å². The van der Waals surface area contributed by atoms with Gasteiger partial charge in [0.1, 0.15) is 10.6 Å². The lowest BCUT2D eigenvalue weighted by Gasteiger charge is -2.00. The van der Waals surface area contributed by atoms with Crippen LogP contribution in [0.3, 0.4) is 0 Å². The van der Waals surface area contributed by atoms with E-state index >= 15 is 0 Å². The molecule has 0 bridgehead atoms. The molecule has 1 aromatic carbocycles. The summed E-state index contributed by atoms with van der Waals surface area (Å²) in [7, 11) is 1.58. The van der Waals surface area contributed by atoms with Gasteiger partial charge in [0.25, 0.3) is 0 Å². The van der Waals surface area contributed by atoms with Crippen molar-refractivity contribution in [3.8, 4) is 5.75 Å². The molecule has 0 radical (unpaired) electrons. The number of carbonyl (C=O) groups excluding carboxylic acids is 1. The van der Waals surface area contributed by atoms with E-state index in [0.29, 0.717) is 16.2 Å². The Kier molecular flexibility index (Phi) is 2.64. The number of carbonyl (C=O) groups is 1. The molecule has 1 N–H and O–H groups in total. The number of hydrogen-bond acceptors (Lipinski definition) is 3. The van der Waals surface area contributed by atoms with Crippen molar-refractivity contribution < 1.29 is 9.53 Å². The molecule has 0 spiro atoms. The third-order valence-electron chi connectivity index (χ3n) is 2.89. The smallest absolute Gasteiger partial charge is 0.208 e. The van der Waals surface area contributed by atoms with Crippen molar-refractivity contribution >= 4 is 28.0 Å². The monoisotopic (exact) mass is 257 g/mol. The third kappa shape index (κ3) is 1.62. The predicted molar refractivity (Wildman–Crippen MR) is 72.6 cm³/mol. The number of H-pyrrole nitrogens is 1. The van der Waals surface area contributed by atoms with Gasteiger partial charge in [0.2, 0.25) is 5.78 Å². The zero-order chi connectivity index (χ0) is 12.5. The Morgan fingerprint density at radius 3 is 2.94 bits per heavy atom. The molecule has 2 aromatic heterocycles. The topological polar surface area (TPSA) is 42.1 Å². The molecule has 0 aliphatic carbocycles. The van der Waals surface area contributed by atoms with Gasteiger partial charge in [-0.15, -0.1) is 11.3 Å². The number of para-hydroxylation sites is 1. The zero-order valence-corrected chi connectivity index (χ0v) is 10.6. The van der Waals surface area contributed by atoms with Crippen LogP contribution in [-0.4, -0.2) is 17.9 Å². The fraction of sp³-hybridized carbons (Fsp3) is 0.0714. The van der Waals surface area contributed by atoms with Crippen LogP contribution in [0.15, 0.2) is 41.9 Å². The van der Waals surface area contributed by atoms with Crippen molar-refractivity contribution in [1.29, 1.82) is 0 Å². The second-order valence-corrected chi connectivity index (χ2v) is 4.81. The molecular formula is C14H11NO2S. The number of ketones is 1. The van der Waals surface area contributed by atoms with Gasteiger partial charge < -0.3 is 9.72 Å². The summed E-state index contributed by atoms with van der Waals surface area (Å²) in [5.74, 6) is 0.634. The number of nitrogens with one attached hydrogen (secondary N) is 1. The van der Waals surface area contributed by atoms with E-state index in [9.17, 15) is 4.79 Å². The number of benzene rings is 1. The summed E-state index contributed by atoms with van der Waals surface area (Å²) >= 11 is 1.40. The first-order valence-corrected chi connectivity index (χ1v) is 6.41. The maximum absolute atomic E-state index is 12.5. The molecular weight excluding hydrogens is 246 g/mol. The summed E-state index contributed by atoms with van der Waals surface area (Å²) in [6, 6.07) is 9.58. The molecule has 18 heavy (non-hydrogen) atoms. The maximum Gasteiger partial charge on any atom is 0.208 e. The molecule has 2 heterocycles. The van der Waals surface area contributed by atoms with Crippen molar-refractivity contribution in [1.82, 2.24) is 4.98 Å².